The van der Waals surface area contributed by atoms with Crippen molar-refractivity contribution in [2.45, 2.75) is 12.8 Å². The summed E-state index contributed by atoms with van der Waals surface area (Å²) in [6, 6.07) is 19.9. The van der Waals surface area contributed by atoms with Gasteiger partial charge in [0.05, 0.1) is 23.4 Å². The number of anilines is 1. The molecule has 7 heteroatoms. The first kappa shape index (κ1) is 20.6. The largest absolute Gasteiger partial charge is 0.494 e. The molecule has 0 saturated carbocycles. The number of benzene rings is 3. The Labute approximate surface area is 184 Å². The van der Waals surface area contributed by atoms with Crippen molar-refractivity contribution in [1.82, 2.24) is 0 Å². The van der Waals surface area contributed by atoms with Gasteiger partial charge in [0.15, 0.2) is 0 Å². The van der Waals surface area contributed by atoms with E-state index in [0.717, 1.165) is 4.90 Å². The van der Waals surface area contributed by atoms with E-state index in [0.29, 0.717) is 46.4 Å². The number of carbonyl (C=O) groups is 3. The molecule has 0 bridgehead atoms. The van der Waals surface area contributed by atoms with E-state index in [2.05, 4.69) is 0 Å². The molecule has 3 aromatic carbocycles. The summed E-state index contributed by atoms with van der Waals surface area (Å²) in [6.07, 6.45) is 0.683. The van der Waals surface area contributed by atoms with Gasteiger partial charge in [-0.1, -0.05) is 23.7 Å². The van der Waals surface area contributed by atoms with E-state index in [-0.39, 0.29) is 18.2 Å². The molecule has 31 heavy (non-hydrogen) atoms. The van der Waals surface area contributed by atoms with Crippen molar-refractivity contribution in [3.63, 3.8) is 0 Å². The minimum Gasteiger partial charge on any atom is -0.494 e. The number of rotatable bonds is 7. The van der Waals surface area contributed by atoms with Crippen molar-refractivity contribution < 1.29 is 23.9 Å². The summed E-state index contributed by atoms with van der Waals surface area (Å²) >= 11 is 5.82. The molecule has 0 aromatic heterocycles. The third kappa shape index (κ3) is 4.59. The number of imide groups is 1. The molecule has 0 radical (unpaired) electrons. The molecule has 0 N–H and O–H groups in total. The van der Waals surface area contributed by atoms with Crippen molar-refractivity contribution in [1.29, 1.82) is 0 Å². The SMILES string of the molecule is O=C(CCCOc1ccc(Cl)cc1)Oc1ccc(N2C(=O)c3ccccc3C2=O)cc1. The number of hydrogen-bond acceptors (Lipinski definition) is 5. The fraction of sp³-hybridized carbons (Fsp3) is 0.125. The van der Waals surface area contributed by atoms with Crippen LogP contribution in [0.3, 0.4) is 0 Å². The highest BCUT2D eigenvalue weighted by atomic mass is 35.5. The number of esters is 1. The number of amides is 2. The van der Waals surface area contributed by atoms with Gasteiger partial charge in [-0.3, -0.25) is 14.4 Å². The Morgan fingerprint density at radius 3 is 2.00 bits per heavy atom. The van der Waals surface area contributed by atoms with Crippen LogP contribution in [0, 0.1) is 0 Å². The van der Waals surface area contributed by atoms with Crippen molar-refractivity contribution in [2.24, 2.45) is 0 Å². The lowest BCUT2D eigenvalue weighted by atomic mass is 10.1. The molecule has 156 valence electrons. The Kier molecular flexibility index (Phi) is 6.00. The molecule has 1 heterocycles. The first-order chi connectivity index (χ1) is 15.0. The van der Waals surface area contributed by atoms with Gasteiger partial charge in [-0.15, -0.1) is 0 Å². The summed E-state index contributed by atoms with van der Waals surface area (Å²) in [7, 11) is 0. The minimum atomic E-state index is -0.395. The van der Waals surface area contributed by atoms with Crippen LogP contribution in [-0.4, -0.2) is 24.4 Å². The average Bonchev–Trinajstić information content (AvgIpc) is 3.04. The van der Waals surface area contributed by atoms with Crippen LogP contribution in [0.5, 0.6) is 11.5 Å². The zero-order valence-corrected chi connectivity index (χ0v) is 17.2. The smallest absolute Gasteiger partial charge is 0.311 e. The molecule has 0 atom stereocenters. The average molecular weight is 436 g/mol. The number of fused-ring (bicyclic) bond motifs is 1. The quantitative estimate of drug-likeness (QED) is 0.228. The van der Waals surface area contributed by atoms with E-state index in [9.17, 15) is 14.4 Å². The molecule has 6 nitrogen and oxygen atoms in total. The zero-order chi connectivity index (χ0) is 21.8. The fourth-order valence-electron chi connectivity index (χ4n) is 3.21. The molecule has 0 aliphatic carbocycles. The van der Waals surface area contributed by atoms with Crippen LogP contribution in [0.4, 0.5) is 5.69 Å². The summed E-state index contributed by atoms with van der Waals surface area (Å²) in [6.45, 7) is 0.370. The molecule has 0 spiro atoms. The highest BCUT2D eigenvalue weighted by Gasteiger charge is 2.36. The summed E-state index contributed by atoms with van der Waals surface area (Å²) in [5, 5.41) is 0.630. The lowest BCUT2D eigenvalue weighted by Crippen LogP contribution is -2.29. The number of nitrogens with zero attached hydrogens (tertiary/aromatic N) is 1. The van der Waals surface area contributed by atoms with Crippen LogP contribution in [-0.2, 0) is 4.79 Å². The van der Waals surface area contributed by atoms with E-state index in [4.69, 9.17) is 21.1 Å². The first-order valence-corrected chi connectivity index (χ1v) is 10.1. The molecule has 0 saturated heterocycles. The van der Waals surface area contributed by atoms with Crippen LogP contribution in [0.25, 0.3) is 0 Å². The van der Waals surface area contributed by atoms with Gasteiger partial charge < -0.3 is 9.47 Å². The Morgan fingerprint density at radius 2 is 1.39 bits per heavy atom. The molecular formula is C24H18ClNO5. The van der Waals surface area contributed by atoms with Gasteiger partial charge in [0.25, 0.3) is 11.8 Å². The van der Waals surface area contributed by atoms with Crippen LogP contribution >= 0.6 is 11.6 Å². The second kappa shape index (κ2) is 9.02. The van der Waals surface area contributed by atoms with E-state index in [1.807, 2.05) is 0 Å². The molecule has 1 aliphatic heterocycles. The number of hydrogen-bond donors (Lipinski definition) is 0. The summed E-state index contributed by atoms with van der Waals surface area (Å²) in [5.74, 6) is -0.115. The third-order valence-corrected chi connectivity index (χ3v) is 4.98. The van der Waals surface area contributed by atoms with Gasteiger partial charge in [-0.25, -0.2) is 4.90 Å². The maximum Gasteiger partial charge on any atom is 0.311 e. The number of ether oxygens (including phenoxy) is 2. The Morgan fingerprint density at radius 1 is 0.806 bits per heavy atom. The predicted octanol–water partition coefficient (Wildman–Crippen LogP) is 4.91. The van der Waals surface area contributed by atoms with E-state index in [1.54, 1.807) is 72.8 Å². The monoisotopic (exact) mass is 435 g/mol. The lowest BCUT2D eigenvalue weighted by molar-refractivity contribution is -0.134. The van der Waals surface area contributed by atoms with Gasteiger partial charge >= 0.3 is 5.97 Å². The van der Waals surface area contributed by atoms with Crippen LogP contribution in [0.2, 0.25) is 5.02 Å². The van der Waals surface area contributed by atoms with Crippen LogP contribution in [0.1, 0.15) is 33.6 Å². The molecular weight excluding hydrogens is 418 g/mol. The topological polar surface area (TPSA) is 72.9 Å². The summed E-state index contributed by atoms with van der Waals surface area (Å²) in [4.78, 5) is 38.2. The standard InChI is InChI=1S/C24H18ClNO5/c25-16-7-11-18(12-8-16)30-15-3-6-22(27)31-19-13-9-17(10-14-19)26-23(28)20-4-1-2-5-21(20)24(26)29/h1-2,4-5,7-14H,3,6,15H2. The Balaban J connectivity index is 1.29. The highest BCUT2D eigenvalue weighted by Crippen LogP contribution is 2.29. The van der Waals surface area contributed by atoms with Gasteiger partial charge in [0, 0.05) is 11.4 Å². The van der Waals surface area contributed by atoms with E-state index >= 15 is 0 Å². The zero-order valence-electron chi connectivity index (χ0n) is 16.4. The third-order valence-electron chi connectivity index (χ3n) is 4.73. The minimum absolute atomic E-state index is 0.188. The first-order valence-electron chi connectivity index (χ1n) is 9.70. The van der Waals surface area contributed by atoms with Crippen LogP contribution < -0.4 is 14.4 Å². The van der Waals surface area contributed by atoms with Crippen molar-refractivity contribution >= 4 is 35.1 Å². The molecule has 4 rings (SSSR count). The lowest BCUT2D eigenvalue weighted by Gasteiger charge is -2.14. The van der Waals surface area contributed by atoms with E-state index < -0.39 is 5.97 Å². The normalized spacial score (nSPS) is 12.6. The molecule has 3 aromatic rings. The molecule has 0 unspecified atom stereocenters. The highest BCUT2D eigenvalue weighted by molar-refractivity contribution is 6.34. The Hall–Kier alpha value is -3.64. The predicted molar refractivity (Wildman–Crippen MR) is 116 cm³/mol. The molecule has 0 fully saturated rings. The van der Waals surface area contributed by atoms with Gasteiger partial charge in [0.1, 0.15) is 11.5 Å². The van der Waals surface area contributed by atoms with Crippen LogP contribution in [0.15, 0.2) is 72.8 Å². The van der Waals surface area contributed by atoms with Gasteiger partial charge in [-0.2, -0.15) is 0 Å². The maximum atomic E-state index is 12.5. The fourth-order valence-corrected chi connectivity index (χ4v) is 3.33. The van der Waals surface area contributed by atoms with Crippen molar-refractivity contribution in [2.75, 3.05) is 11.5 Å². The van der Waals surface area contributed by atoms with Crippen molar-refractivity contribution in [3.05, 3.63) is 88.9 Å². The molecule has 1 aliphatic rings. The summed E-state index contributed by atoms with van der Waals surface area (Å²) < 4.78 is 10.9. The number of carbonyl (C=O) groups excluding carboxylic acids is 3. The van der Waals surface area contributed by atoms with Gasteiger partial charge in [0.2, 0.25) is 0 Å². The van der Waals surface area contributed by atoms with Crippen molar-refractivity contribution in [3.8, 4) is 11.5 Å². The molecule has 2 amide bonds. The number of halogens is 1. The van der Waals surface area contributed by atoms with Gasteiger partial charge in [-0.05, 0) is 67.1 Å². The maximum absolute atomic E-state index is 12.5. The second-order valence-electron chi connectivity index (χ2n) is 6.87. The Bertz CT molecular complexity index is 1090. The second-order valence-corrected chi connectivity index (χ2v) is 7.30. The van der Waals surface area contributed by atoms with E-state index in [1.165, 1.54) is 0 Å². The summed E-state index contributed by atoms with van der Waals surface area (Å²) in [5.41, 5.74) is 1.18.